The second-order valence-corrected chi connectivity index (χ2v) is 6.95. The Morgan fingerprint density at radius 1 is 1.21 bits per heavy atom. The highest BCUT2D eigenvalue weighted by molar-refractivity contribution is 5.91. The Kier molecular flexibility index (Phi) is 3.67. The summed E-state index contributed by atoms with van der Waals surface area (Å²) in [5, 5.41) is 11.0. The van der Waals surface area contributed by atoms with Crippen molar-refractivity contribution in [3.63, 3.8) is 0 Å². The molecule has 2 aliphatic rings. The average molecular weight is 323 g/mol. The van der Waals surface area contributed by atoms with Crippen molar-refractivity contribution < 1.29 is 4.79 Å². The molecule has 2 aromatic rings. The Hall–Kier alpha value is -2.50. The second kappa shape index (κ2) is 5.85. The van der Waals surface area contributed by atoms with Crippen LogP contribution in [0.2, 0.25) is 0 Å². The molecule has 1 aromatic carbocycles. The first-order chi connectivity index (χ1) is 11.6. The molecule has 2 fully saturated rings. The van der Waals surface area contributed by atoms with Crippen molar-refractivity contribution in [3.05, 3.63) is 36.2 Å². The first-order valence-electron chi connectivity index (χ1n) is 8.46. The number of hydrogen-bond acceptors (Lipinski definition) is 4. The van der Waals surface area contributed by atoms with Crippen LogP contribution in [0.4, 0.5) is 10.5 Å². The van der Waals surface area contributed by atoms with Gasteiger partial charge in [0.05, 0.1) is 6.20 Å². The smallest absolute Gasteiger partial charge is 0.318 e. The van der Waals surface area contributed by atoms with E-state index in [-0.39, 0.29) is 6.03 Å². The molecule has 2 saturated heterocycles. The van der Waals surface area contributed by atoms with Crippen LogP contribution in [0.1, 0.15) is 31.7 Å². The molecule has 124 valence electrons. The number of aryl methyl sites for hydroxylation is 1. The molecule has 0 radical (unpaired) electrons. The lowest BCUT2D eigenvalue weighted by molar-refractivity contribution is -0.00600. The number of piperidine rings is 1. The van der Waals surface area contributed by atoms with Gasteiger partial charge in [0.2, 0.25) is 0 Å². The topological polar surface area (TPSA) is 71.0 Å². The summed E-state index contributed by atoms with van der Waals surface area (Å²) in [6.45, 7) is 4.27. The third kappa shape index (κ3) is 2.62. The number of anilines is 1. The van der Waals surface area contributed by atoms with Gasteiger partial charge < -0.3 is 10.2 Å². The van der Waals surface area contributed by atoms with Crippen LogP contribution in [0, 0.1) is 12.8 Å². The number of hydrogen-bond donors (Lipinski definition) is 1. The van der Waals surface area contributed by atoms with Gasteiger partial charge in [-0.05, 0) is 49.8 Å². The van der Waals surface area contributed by atoms with Gasteiger partial charge >= 0.3 is 6.03 Å². The predicted octanol–water partition coefficient (Wildman–Crippen LogP) is 3.25. The molecule has 3 heterocycles. The summed E-state index contributed by atoms with van der Waals surface area (Å²) in [5.74, 6) is 1.30. The highest BCUT2D eigenvalue weighted by atomic mass is 16.2. The highest BCUT2D eigenvalue weighted by Gasteiger charge is 2.46. The van der Waals surface area contributed by atoms with Gasteiger partial charge in [-0.2, -0.15) is 5.10 Å². The molecule has 24 heavy (non-hydrogen) atoms. The number of urea groups is 1. The maximum atomic E-state index is 12.6. The van der Waals surface area contributed by atoms with E-state index in [0.29, 0.717) is 17.9 Å². The molecule has 2 aliphatic heterocycles. The molecule has 6 heteroatoms. The molecule has 2 atom stereocenters. The van der Waals surface area contributed by atoms with Gasteiger partial charge in [0.1, 0.15) is 0 Å². The molecular formula is C18H21N5O. The Morgan fingerprint density at radius 2 is 2.00 bits per heavy atom. The molecule has 0 spiro atoms. The summed E-state index contributed by atoms with van der Waals surface area (Å²) >= 11 is 0. The second-order valence-electron chi connectivity index (χ2n) is 6.95. The Balaban J connectivity index is 1.52. The predicted molar refractivity (Wildman–Crippen MR) is 91.4 cm³/mol. The lowest BCUT2D eigenvalue weighted by atomic mass is 9.74. The highest BCUT2D eigenvalue weighted by Crippen LogP contribution is 2.41. The van der Waals surface area contributed by atoms with E-state index in [2.05, 4.69) is 27.4 Å². The summed E-state index contributed by atoms with van der Waals surface area (Å²) in [6.07, 6.45) is 6.56. The van der Waals surface area contributed by atoms with Crippen LogP contribution in [0.25, 0.3) is 11.4 Å². The van der Waals surface area contributed by atoms with Crippen LogP contribution < -0.4 is 5.32 Å². The number of nitrogens with one attached hydrogen (secondary N) is 1. The molecule has 2 bridgehead atoms. The standard InChI is InChI=1S/C18H21N5O/c1-11-7-14-10-15(8-11)23(14)18(24)21-13-4-3-12(2)16(9-13)17-19-5-6-20-22-17/h3-6,9,11,14-15H,7-8,10H2,1-2H3,(H,21,24). The molecule has 1 N–H and O–H groups in total. The van der Waals surface area contributed by atoms with Gasteiger partial charge in [-0.3, -0.25) is 0 Å². The van der Waals surface area contributed by atoms with E-state index in [9.17, 15) is 4.79 Å². The van der Waals surface area contributed by atoms with E-state index in [0.717, 1.165) is 42.0 Å². The lowest BCUT2D eigenvalue weighted by Gasteiger charge is -2.54. The van der Waals surface area contributed by atoms with E-state index in [4.69, 9.17) is 0 Å². The van der Waals surface area contributed by atoms with Crippen LogP contribution >= 0.6 is 0 Å². The van der Waals surface area contributed by atoms with Crippen molar-refractivity contribution in [2.75, 3.05) is 5.32 Å². The minimum Gasteiger partial charge on any atom is -0.318 e. The van der Waals surface area contributed by atoms with Crippen LogP contribution in [0.5, 0.6) is 0 Å². The normalized spacial score (nSPS) is 25.1. The number of carbonyl (C=O) groups excluding carboxylic acids is 1. The zero-order chi connectivity index (χ0) is 16.7. The number of amides is 2. The molecule has 6 nitrogen and oxygen atoms in total. The fraction of sp³-hybridized carbons (Fsp3) is 0.444. The molecule has 4 rings (SSSR count). The third-order valence-corrected chi connectivity index (χ3v) is 5.13. The summed E-state index contributed by atoms with van der Waals surface area (Å²) in [4.78, 5) is 18.9. The third-order valence-electron chi connectivity index (χ3n) is 5.13. The van der Waals surface area contributed by atoms with Crippen molar-refractivity contribution in [1.82, 2.24) is 20.1 Å². The van der Waals surface area contributed by atoms with Crippen LogP contribution in [-0.4, -0.2) is 38.2 Å². The van der Waals surface area contributed by atoms with E-state index in [1.807, 2.05) is 30.0 Å². The van der Waals surface area contributed by atoms with E-state index in [1.54, 1.807) is 12.4 Å². The van der Waals surface area contributed by atoms with Gasteiger partial charge in [0.25, 0.3) is 0 Å². The minimum atomic E-state index is 0.00468. The minimum absolute atomic E-state index is 0.00468. The van der Waals surface area contributed by atoms with Gasteiger partial charge in [-0.15, -0.1) is 5.10 Å². The Morgan fingerprint density at radius 3 is 2.71 bits per heavy atom. The molecular weight excluding hydrogens is 302 g/mol. The molecule has 0 saturated carbocycles. The molecule has 2 amide bonds. The number of fused-ring (bicyclic) bond motifs is 2. The number of carbonyl (C=O) groups is 1. The SMILES string of the molecule is Cc1ccc(NC(=O)N2C3CC(C)CC2C3)cc1-c1nccnn1. The average Bonchev–Trinajstić information content (AvgIpc) is 2.57. The van der Waals surface area contributed by atoms with Crippen molar-refractivity contribution in [2.45, 2.75) is 45.2 Å². The largest absolute Gasteiger partial charge is 0.322 e. The van der Waals surface area contributed by atoms with Crippen LogP contribution in [0.3, 0.4) is 0 Å². The first-order valence-corrected chi connectivity index (χ1v) is 8.46. The fourth-order valence-corrected chi connectivity index (χ4v) is 3.98. The summed E-state index contributed by atoms with van der Waals surface area (Å²) in [6, 6.07) is 6.63. The van der Waals surface area contributed by atoms with E-state index in [1.165, 1.54) is 0 Å². The van der Waals surface area contributed by atoms with Crippen molar-refractivity contribution in [3.8, 4) is 11.4 Å². The Labute approximate surface area is 141 Å². The number of aromatic nitrogens is 3. The number of nitrogens with zero attached hydrogens (tertiary/aromatic N) is 4. The van der Waals surface area contributed by atoms with Gasteiger partial charge in [-0.1, -0.05) is 13.0 Å². The Bertz CT molecular complexity index is 751. The maximum Gasteiger partial charge on any atom is 0.322 e. The molecule has 0 aliphatic carbocycles. The van der Waals surface area contributed by atoms with E-state index < -0.39 is 0 Å². The number of rotatable bonds is 2. The van der Waals surface area contributed by atoms with Crippen LogP contribution in [-0.2, 0) is 0 Å². The van der Waals surface area contributed by atoms with Crippen molar-refractivity contribution in [2.24, 2.45) is 5.92 Å². The van der Waals surface area contributed by atoms with Crippen molar-refractivity contribution >= 4 is 11.7 Å². The van der Waals surface area contributed by atoms with E-state index >= 15 is 0 Å². The molecule has 1 aromatic heterocycles. The first kappa shape index (κ1) is 15.1. The lowest BCUT2D eigenvalue weighted by Crippen LogP contribution is -2.63. The number of benzene rings is 1. The maximum absolute atomic E-state index is 12.6. The van der Waals surface area contributed by atoms with Crippen molar-refractivity contribution in [1.29, 1.82) is 0 Å². The van der Waals surface area contributed by atoms with Gasteiger partial charge in [-0.25, -0.2) is 9.78 Å². The summed E-state index contributed by atoms with van der Waals surface area (Å²) in [5.41, 5.74) is 2.71. The summed E-state index contributed by atoms with van der Waals surface area (Å²) in [7, 11) is 0. The van der Waals surface area contributed by atoms with Crippen LogP contribution in [0.15, 0.2) is 30.6 Å². The zero-order valence-corrected chi connectivity index (χ0v) is 13.9. The quantitative estimate of drug-likeness (QED) is 0.921. The monoisotopic (exact) mass is 323 g/mol. The fourth-order valence-electron chi connectivity index (χ4n) is 3.98. The van der Waals surface area contributed by atoms with Gasteiger partial charge in [0, 0.05) is 29.5 Å². The molecule has 2 unspecified atom stereocenters. The van der Waals surface area contributed by atoms with Gasteiger partial charge in [0.15, 0.2) is 5.82 Å². The zero-order valence-electron chi connectivity index (χ0n) is 13.9. The summed E-state index contributed by atoms with van der Waals surface area (Å²) < 4.78 is 0.